The molecule has 0 aliphatic rings. The number of nitrogens with one attached hydrogen (secondary N) is 1. The Kier molecular flexibility index (Phi) is 6.15. The fourth-order valence-corrected chi connectivity index (χ4v) is 2.06. The van der Waals surface area contributed by atoms with Gasteiger partial charge in [-0.3, -0.25) is 0 Å². The quantitative estimate of drug-likeness (QED) is 0.828. The second-order valence-corrected chi connectivity index (χ2v) is 6.19. The zero-order chi connectivity index (χ0) is 14.6. The summed E-state index contributed by atoms with van der Waals surface area (Å²) < 4.78 is 6.07. The molecule has 0 saturated carbocycles. The lowest BCUT2D eigenvalue weighted by molar-refractivity contribution is 0.211. The molecule has 1 atom stereocenters. The summed E-state index contributed by atoms with van der Waals surface area (Å²) in [6, 6.07) is 4.55. The smallest absolute Gasteiger partial charge is 0.123 e. The molecule has 0 saturated heterocycles. The molecular formula is C16H26ClNO. The van der Waals surface area contributed by atoms with Gasteiger partial charge in [0.05, 0.1) is 0 Å². The van der Waals surface area contributed by atoms with E-state index < -0.39 is 0 Å². The van der Waals surface area contributed by atoms with E-state index >= 15 is 0 Å². The maximum Gasteiger partial charge on any atom is 0.123 e. The molecule has 1 N–H and O–H groups in total. The maximum atomic E-state index is 6.20. The molecule has 1 unspecified atom stereocenters. The summed E-state index contributed by atoms with van der Waals surface area (Å²) in [5, 5.41) is 4.20. The minimum atomic E-state index is 0.139. The highest BCUT2D eigenvalue weighted by atomic mass is 35.5. The summed E-state index contributed by atoms with van der Waals surface area (Å²) in [6.07, 6.45) is 0.139. The highest BCUT2D eigenvalue weighted by molar-refractivity contribution is 6.31. The van der Waals surface area contributed by atoms with Crippen LogP contribution in [0.2, 0.25) is 5.02 Å². The fourth-order valence-electron chi connectivity index (χ4n) is 1.88. The summed E-state index contributed by atoms with van der Waals surface area (Å²) in [4.78, 5) is 0. The largest absolute Gasteiger partial charge is 0.489 e. The van der Waals surface area contributed by atoms with Crippen molar-refractivity contribution >= 4 is 11.6 Å². The zero-order valence-corrected chi connectivity index (χ0v) is 13.6. The van der Waals surface area contributed by atoms with Crippen LogP contribution in [0.4, 0.5) is 0 Å². The number of aryl methyl sites for hydroxylation is 1. The molecule has 19 heavy (non-hydrogen) atoms. The van der Waals surface area contributed by atoms with Gasteiger partial charge in [-0.1, -0.05) is 39.3 Å². The Labute approximate surface area is 122 Å². The van der Waals surface area contributed by atoms with E-state index in [4.69, 9.17) is 16.3 Å². The molecular weight excluding hydrogens is 258 g/mol. The monoisotopic (exact) mass is 283 g/mol. The fraction of sp³-hybridized carbons (Fsp3) is 0.625. The van der Waals surface area contributed by atoms with Crippen LogP contribution in [0.1, 0.15) is 51.7 Å². The molecule has 0 bridgehead atoms. The number of hydrogen-bond donors (Lipinski definition) is 1. The molecule has 0 amide bonds. The Bertz CT molecular complexity index is 415. The lowest BCUT2D eigenvalue weighted by Gasteiger charge is -2.21. The third-order valence-electron chi connectivity index (χ3n) is 3.05. The molecule has 0 aliphatic heterocycles. The third-order valence-corrected chi connectivity index (χ3v) is 3.46. The number of rotatable bonds is 6. The van der Waals surface area contributed by atoms with Crippen molar-refractivity contribution in [2.24, 2.45) is 0 Å². The molecule has 108 valence electrons. The average molecular weight is 284 g/mol. The van der Waals surface area contributed by atoms with Crippen LogP contribution < -0.4 is 10.1 Å². The molecule has 0 fully saturated rings. The molecule has 1 rings (SSSR count). The minimum Gasteiger partial charge on any atom is -0.489 e. The zero-order valence-electron chi connectivity index (χ0n) is 12.9. The van der Waals surface area contributed by atoms with Crippen LogP contribution in [0, 0.1) is 6.92 Å². The van der Waals surface area contributed by atoms with Gasteiger partial charge in [0.2, 0.25) is 0 Å². The summed E-state index contributed by atoms with van der Waals surface area (Å²) in [5.41, 5.74) is 2.23. The van der Waals surface area contributed by atoms with E-state index in [-0.39, 0.29) is 6.10 Å². The van der Waals surface area contributed by atoms with Crippen LogP contribution >= 0.6 is 11.6 Å². The molecule has 0 spiro atoms. The van der Waals surface area contributed by atoms with Crippen molar-refractivity contribution in [3.63, 3.8) is 0 Å². The Morgan fingerprint density at radius 1 is 1.16 bits per heavy atom. The van der Waals surface area contributed by atoms with Crippen LogP contribution in [-0.4, -0.2) is 18.7 Å². The van der Waals surface area contributed by atoms with Crippen LogP contribution in [0.3, 0.4) is 0 Å². The lowest BCUT2D eigenvalue weighted by Crippen LogP contribution is -2.33. The molecule has 1 aromatic rings. The van der Waals surface area contributed by atoms with E-state index in [2.05, 4.69) is 39.9 Å². The molecule has 0 radical (unpaired) electrons. The maximum absolute atomic E-state index is 6.20. The van der Waals surface area contributed by atoms with E-state index in [1.807, 2.05) is 19.1 Å². The van der Waals surface area contributed by atoms with E-state index in [0.29, 0.717) is 12.0 Å². The molecule has 0 aliphatic carbocycles. The Hall–Kier alpha value is -0.730. The normalized spacial score (nSPS) is 13.1. The molecule has 0 aromatic heterocycles. The van der Waals surface area contributed by atoms with Gasteiger partial charge in [-0.15, -0.1) is 0 Å². The van der Waals surface area contributed by atoms with Crippen molar-refractivity contribution in [1.82, 2.24) is 5.32 Å². The highest BCUT2D eigenvalue weighted by Gasteiger charge is 2.13. The van der Waals surface area contributed by atoms with Crippen LogP contribution in [0.5, 0.6) is 5.75 Å². The summed E-state index contributed by atoms with van der Waals surface area (Å²) in [6.45, 7) is 13.5. The second-order valence-electron chi connectivity index (χ2n) is 5.79. The summed E-state index contributed by atoms with van der Waals surface area (Å²) >= 11 is 6.20. The second kappa shape index (κ2) is 7.16. The highest BCUT2D eigenvalue weighted by Crippen LogP contribution is 2.32. The van der Waals surface area contributed by atoms with Gasteiger partial charge in [0, 0.05) is 17.6 Å². The number of ether oxygens (including phenoxy) is 1. The average Bonchev–Trinajstić information content (AvgIpc) is 2.30. The summed E-state index contributed by atoms with van der Waals surface area (Å²) in [5.74, 6) is 1.35. The van der Waals surface area contributed by atoms with E-state index in [1.165, 1.54) is 5.56 Å². The minimum absolute atomic E-state index is 0.139. The van der Waals surface area contributed by atoms with Gasteiger partial charge in [-0.25, -0.2) is 0 Å². The Morgan fingerprint density at radius 2 is 1.79 bits per heavy atom. The van der Waals surface area contributed by atoms with Crippen molar-refractivity contribution in [3.05, 3.63) is 28.3 Å². The first kappa shape index (κ1) is 16.3. The molecule has 3 heteroatoms. The third kappa shape index (κ3) is 5.04. The topological polar surface area (TPSA) is 21.3 Å². The number of benzene rings is 1. The van der Waals surface area contributed by atoms with Crippen molar-refractivity contribution in [2.75, 3.05) is 6.54 Å². The first-order valence-corrected chi connectivity index (χ1v) is 7.39. The van der Waals surface area contributed by atoms with Gasteiger partial charge in [0.1, 0.15) is 11.9 Å². The van der Waals surface area contributed by atoms with Crippen molar-refractivity contribution in [1.29, 1.82) is 0 Å². The molecule has 1 aromatic carbocycles. The van der Waals surface area contributed by atoms with Gasteiger partial charge in [-0.05, 0) is 43.0 Å². The van der Waals surface area contributed by atoms with Crippen molar-refractivity contribution in [3.8, 4) is 5.75 Å². The first-order valence-electron chi connectivity index (χ1n) is 7.01. The molecule has 2 nitrogen and oxygen atoms in total. The SMILES string of the molecule is Cc1cc(OC(C)CNC(C)C)c(C(C)C)cc1Cl. The van der Waals surface area contributed by atoms with Gasteiger partial charge in [0.15, 0.2) is 0 Å². The van der Waals surface area contributed by atoms with E-state index in [1.54, 1.807) is 0 Å². The number of hydrogen-bond acceptors (Lipinski definition) is 2. The van der Waals surface area contributed by atoms with Crippen LogP contribution in [0.25, 0.3) is 0 Å². The van der Waals surface area contributed by atoms with E-state index in [9.17, 15) is 0 Å². The predicted octanol–water partition coefficient (Wildman–Crippen LogP) is 4.54. The standard InChI is InChI=1S/C16H26ClNO/c1-10(2)14-8-15(17)12(5)7-16(14)19-13(6)9-18-11(3)4/h7-8,10-11,13,18H,9H2,1-6H3. The van der Waals surface area contributed by atoms with Crippen molar-refractivity contribution < 1.29 is 4.74 Å². The van der Waals surface area contributed by atoms with Gasteiger partial charge >= 0.3 is 0 Å². The van der Waals surface area contributed by atoms with Gasteiger partial charge < -0.3 is 10.1 Å². The predicted molar refractivity (Wildman–Crippen MR) is 83.5 cm³/mol. The van der Waals surface area contributed by atoms with Crippen LogP contribution in [0.15, 0.2) is 12.1 Å². The van der Waals surface area contributed by atoms with E-state index in [0.717, 1.165) is 22.9 Å². The van der Waals surface area contributed by atoms with Crippen molar-refractivity contribution in [2.45, 2.75) is 59.6 Å². The Balaban J connectivity index is 2.84. The lowest BCUT2D eigenvalue weighted by atomic mass is 10.0. The van der Waals surface area contributed by atoms with Gasteiger partial charge in [-0.2, -0.15) is 0 Å². The number of halogens is 1. The first-order chi connectivity index (χ1) is 8.81. The van der Waals surface area contributed by atoms with Gasteiger partial charge in [0.25, 0.3) is 0 Å². The van der Waals surface area contributed by atoms with Crippen LogP contribution in [-0.2, 0) is 0 Å². The summed E-state index contributed by atoms with van der Waals surface area (Å²) in [7, 11) is 0. The molecule has 0 heterocycles. The Morgan fingerprint density at radius 3 is 2.32 bits per heavy atom.